The average Bonchev–Trinajstić information content (AvgIpc) is 2.64. The number of ether oxygens (including phenoxy) is 1. The predicted octanol–water partition coefficient (Wildman–Crippen LogP) is 2.86. The maximum Gasteiger partial charge on any atom is 0.120 e. The molecular weight excluding hydrogens is 224 g/mol. The average molecular weight is 246 g/mol. The van der Waals surface area contributed by atoms with E-state index in [4.69, 9.17) is 10.5 Å². The van der Waals surface area contributed by atoms with E-state index in [1.165, 1.54) is 16.5 Å². The van der Waals surface area contributed by atoms with Crippen LogP contribution in [0.3, 0.4) is 0 Å². The Kier molecular flexibility index (Phi) is 3.92. The molecule has 1 heterocycles. The molecule has 0 fully saturated rings. The Morgan fingerprint density at radius 2 is 2.17 bits per heavy atom. The fourth-order valence-corrected chi connectivity index (χ4v) is 2.29. The molecule has 0 aliphatic rings. The SMILES string of the molecule is CCOc1ccc2c(c1)c(CCC(C)N)cn2C. The quantitative estimate of drug-likeness (QED) is 0.881. The maximum absolute atomic E-state index is 5.84. The first-order valence-electron chi connectivity index (χ1n) is 6.58. The highest BCUT2D eigenvalue weighted by Gasteiger charge is 2.08. The zero-order valence-electron chi connectivity index (χ0n) is 11.4. The molecule has 3 heteroatoms. The lowest BCUT2D eigenvalue weighted by Gasteiger charge is -2.05. The van der Waals surface area contributed by atoms with Crippen LogP contribution in [0.1, 0.15) is 25.8 Å². The molecule has 1 aromatic heterocycles. The van der Waals surface area contributed by atoms with E-state index in [0.29, 0.717) is 6.61 Å². The zero-order chi connectivity index (χ0) is 13.1. The van der Waals surface area contributed by atoms with Gasteiger partial charge in [-0.2, -0.15) is 0 Å². The van der Waals surface area contributed by atoms with Crippen molar-refractivity contribution in [3.63, 3.8) is 0 Å². The van der Waals surface area contributed by atoms with Crippen LogP contribution in [0.25, 0.3) is 10.9 Å². The number of hydrogen-bond donors (Lipinski definition) is 1. The third-order valence-corrected chi connectivity index (χ3v) is 3.22. The van der Waals surface area contributed by atoms with Gasteiger partial charge in [-0.05, 0) is 50.5 Å². The van der Waals surface area contributed by atoms with Gasteiger partial charge in [0.1, 0.15) is 5.75 Å². The molecule has 3 nitrogen and oxygen atoms in total. The maximum atomic E-state index is 5.84. The topological polar surface area (TPSA) is 40.2 Å². The highest BCUT2D eigenvalue weighted by molar-refractivity contribution is 5.85. The van der Waals surface area contributed by atoms with Crippen LogP contribution in [0.2, 0.25) is 0 Å². The van der Waals surface area contributed by atoms with E-state index in [0.717, 1.165) is 18.6 Å². The summed E-state index contributed by atoms with van der Waals surface area (Å²) in [5, 5.41) is 1.28. The van der Waals surface area contributed by atoms with E-state index in [9.17, 15) is 0 Å². The molecule has 0 aliphatic heterocycles. The Labute approximate surface area is 109 Å². The van der Waals surface area contributed by atoms with E-state index >= 15 is 0 Å². The molecule has 0 bridgehead atoms. The van der Waals surface area contributed by atoms with E-state index in [2.05, 4.69) is 36.9 Å². The number of nitrogens with zero attached hydrogens (tertiary/aromatic N) is 1. The number of aromatic nitrogens is 1. The van der Waals surface area contributed by atoms with Gasteiger partial charge in [-0.1, -0.05) is 0 Å². The summed E-state index contributed by atoms with van der Waals surface area (Å²) in [5.41, 5.74) is 8.44. The molecule has 2 rings (SSSR count). The van der Waals surface area contributed by atoms with Crippen LogP contribution in [0.5, 0.6) is 5.75 Å². The number of benzene rings is 1. The summed E-state index contributed by atoms with van der Waals surface area (Å²) in [6, 6.07) is 6.53. The van der Waals surface area contributed by atoms with Gasteiger partial charge >= 0.3 is 0 Å². The second-order valence-corrected chi connectivity index (χ2v) is 4.89. The fraction of sp³-hybridized carbons (Fsp3) is 0.467. The number of aryl methyl sites for hydroxylation is 2. The monoisotopic (exact) mass is 246 g/mol. The smallest absolute Gasteiger partial charge is 0.120 e. The molecule has 98 valence electrons. The van der Waals surface area contributed by atoms with Gasteiger partial charge in [-0.3, -0.25) is 0 Å². The molecule has 1 atom stereocenters. The van der Waals surface area contributed by atoms with Crippen molar-refractivity contribution < 1.29 is 4.74 Å². The third-order valence-electron chi connectivity index (χ3n) is 3.22. The van der Waals surface area contributed by atoms with Crippen molar-refractivity contribution in [3.05, 3.63) is 30.0 Å². The second kappa shape index (κ2) is 5.44. The lowest BCUT2D eigenvalue weighted by Crippen LogP contribution is -2.15. The van der Waals surface area contributed by atoms with Crippen LogP contribution in [0.4, 0.5) is 0 Å². The van der Waals surface area contributed by atoms with Gasteiger partial charge in [0.2, 0.25) is 0 Å². The van der Waals surface area contributed by atoms with Crippen LogP contribution >= 0.6 is 0 Å². The van der Waals surface area contributed by atoms with Gasteiger partial charge in [0.05, 0.1) is 6.61 Å². The molecule has 2 aromatic rings. The summed E-state index contributed by atoms with van der Waals surface area (Å²) >= 11 is 0. The number of nitrogens with two attached hydrogens (primary N) is 1. The van der Waals surface area contributed by atoms with Crippen molar-refractivity contribution in [1.29, 1.82) is 0 Å². The van der Waals surface area contributed by atoms with Gasteiger partial charge in [0, 0.05) is 30.2 Å². The number of fused-ring (bicyclic) bond motifs is 1. The normalized spacial score (nSPS) is 12.9. The van der Waals surface area contributed by atoms with Gasteiger partial charge in [-0.25, -0.2) is 0 Å². The standard InChI is InChI=1S/C15H22N2O/c1-4-18-13-7-8-15-14(9-13)12(10-17(15)3)6-5-11(2)16/h7-11H,4-6,16H2,1-3H3. The van der Waals surface area contributed by atoms with E-state index in [-0.39, 0.29) is 6.04 Å². The minimum atomic E-state index is 0.246. The molecule has 0 radical (unpaired) electrons. The molecule has 18 heavy (non-hydrogen) atoms. The van der Waals surface area contributed by atoms with Crippen molar-refractivity contribution in [2.24, 2.45) is 12.8 Å². The Morgan fingerprint density at radius 1 is 1.39 bits per heavy atom. The van der Waals surface area contributed by atoms with E-state index < -0.39 is 0 Å². The van der Waals surface area contributed by atoms with Crippen molar-refractivity contribution in [2.45, 2.75) is 32.7 Å². The molecule has 0 saturated carbocycles. The van der Waals surface area contributed by atoms with Gasteiger partial charge in [0.15, 0.2) is 0 Å². The van der Waals surface area contributed by atoms with E-state index in [1.807, 2.05) is 13.0 Å². The fourth-order valence-electron chi connectivity index (χ4n) is 2.29. The van der Waals surface area contributed by atoms with Crippen molar-refractivity contribution >= 4 is 10.9 Å². The summed E-state index contributed by atoms with van der Waals surface area (Å²) in [7, 11) is 2.08. The van der Waals surface area contributed by atoms with Gasteiger partial charge in [0.25, 0.3) is 0 Å². The summed E-state index contributed by atoms with van der Waals surface area (Å²) in [6.07, 6.45) is 4.23. The molecular formula is C15H22N2O. The van der Waals surface area contributed by atoms with Crippen LogP contribution < -0.4 is 10.5 Å². The first-order chi connectivity index (χ1) is 8.61. The van der Waals surface area contributed by atoms with Crippen molar-refractivity contribution in [3.8, 4) is 5.75 Å². The van der Waals surface area contributed by atoms with E-state index in [1.54, 1.807) is 0 Å². The molecule has 0 amide bonds. The highest BCUT2D eigenvalue weighted by atomic mass is 16.5. The highest BCUT2D eigenvalue weighted by Crippen LogP contribution is 2.26. The van der Waals surface area contributed by atoms with Crippen LogP contribution in [0, 0.1) is 0 Å². The Bertz CT molecular complexity index is 529. The molecule has 1 aromatic carbocycles. The Hall–Kier alpha value is -1.48. The zero-order valence-corrected chi connectivity index (χ0v) is 11.4. The summed E-state index contributed by atoms with van der Waals surface area (Å²) in [5.74, 6) is 0.943. The van der Waals surface area contributed by atoms with Crippen LogP contribution in [-0.2, 0) is 13.5 Å². The number of hydrogen-bond acceptors (Lipinski definition) is 2. The summed E-state index contributed by atoms with van der Waals surface area (Å²) < 4.78 is 7.74. The van der Waals surface area contributed by atoms with Gasteiger partial charge < -0.3 is 15.0 Å². The van der Waals surface area contributed by atoms with Gasteiger partial charge in [-0.15, -0.1) is 0 Å². The molecule has 2 N–H and O–H groups in total. The molecule has 0 spiro atoms. The van der Waals surface area contributed by atoms with Crippen LogP contribution in [0.15, 0.2) is 24.4 Å². The third kappa shape index (κ3) is 2.67. The first kappa shape index (κ1) is 13.0. The summed E-state index contributed by atoms with van der Waals surface area (Å²) in [4.78, 5) is 0. The summed E-state index contributed by atoms with van der Waals surface area (Å²) in [6.45, 7) is 4.76. The lowest BCUT2D eigenvalue weighted by atomic mass is 10.1. The molecule has 0 aliphatic carbocycles. The Balaban J connectivity index is 2.36. The largest absolute Gasteiger partial charge is 0.494 e. The predicted molar refractivity (Wildman–Crippen MR) is 76.1 cm³/mol. The molecule has 1 unspecified atom stereocenters. The minimum Gasteiger partial charge on any atom is -0.494 e. The number of rotatable bonds is 5. The minimum absolute atomic E-state index is 0.246. The second-order valence-electron chi connectivity index (χ2n) is 4.89. The molecule has 0 saturated heterocycles. The van der Waals surface area contributed by atoms with Crippen molar-refractivity contribution in [2.75, 3.05) is 6.61 Å². The Morgan fingerprint density at radius 3 is 2.83 bits per heavy atom. The van der Waals surface area contributed by atoms with Crippen LogP contribution in [-0.4, -0.2) is 17.2 Å². The van der Waals surface area contributed by atoms with Crippen molar-refractivity contribution in [1.82, 2.24) is 4.57 Å². The first-order valence-corrected chi connectivity index (χ1v) is 6.58. The lowest BCUT2D eigenvalue weighted by molar-refractivity contribution is 0.340.